The summed E-state index contributed by atoms with van der Waals surface area (Å²) in [4.78, 5) is 24.7. The second-order valence-electron chi connectivity index (χ2n) is 6.39. The first-order valence-electron chi connectivity index (χ1n) is 8.85. The van der Waals surface area contributed by atoms with E-state index in [1.165, 1.54) is 12.2 Å². The maximum Gasteiger partial charge on any atom is 0.185 e. The molecule has 3 rings (SSSR count). The predicted molar refractivity (Wildman–Crippen MR) is 125 cm³/mol. The van der Waals surface area contributed by atoms with Gasteiger partial charge in [0, 0.05) is 11.1 Å². The van der Waals surface area contributed by atoms with Crippen molar-refractivity contribution in [3.05, 3.63) is 104 Å². The number of halogens is 2. The zero-order valence-corrected chi connectivity index (χ0v) is 18.7. The van der Waals surface area contributed by atoms with Gasteiger partial charge in [0.25, 0.3) is 0 Å². The molecule has 0 aliphatic heterocycles. The molecule has 0 aromatic heterocycles. The minimum absolute atomic E-state index is 0.130. The number of rotatable bonds is 6. The van der Waals surface area contributed by atoms with E-state index >= 15 is 0 Å². The molecule has 0 amide bonds. The number of benzene rings is 3. The number of ketones is 2. The number of aromatic hydroxyl groups is 2. The van der Waals surface area contributed by atoms with E-state index in [9.17, 15) is 19.8 Å². The molecule has 0 spiro atoms. The molecule has 0 unspecified atom stereocenters. The summed E-state index contributed by atoms with van der Waals surface area (Å²) < 4.78 is 1.10. The van der Waals surface area contributed by atoms with Gasteiger partial charge in [-0.3, -0.25) is 9.59 Å². The molecule has 3 aromatic rings. The highest BCUT2D eigenvalue weighted by atomic mass is 79.9. The molecule has 3 aromatic carbocycles. The maximum atomic E-state index is 12.3. The van der Waals surface area contributed by atoms with Gasteiger partial charge in [-0.05, 0) is 79.4 Å². The second kappa shape index (κ2) is 9.69. The van der Waals surface area contributed by atoms with Gasteiger partial charge in [0.05, 0.1) is 8.95 Å². The van der Waals surface area contributed by atoms with Gasteiger partial charge in [0.1, 0.15) is 11.5 Å². The van der Waals surface area contributed by atoms with Crippen molar-refractivity contribution < 1.29 is 19.8 Å². The Balaban J connectivity index is 1.67. The van der Waals surface area contributed by atoms with E-state index in [1.807, 2.05) is 0 Å². The molecular weight excluding hydrogens is 512 g/mol. The fourth-order valence-corrected chi connectivity index (χ4v) is 3.38. The van der Waals surface area contributed by atoms with Crippen LogP contribution in [0.15, 0.2) is 81.8 Å². The van der Waals surface area contributed by atoms with Gasteiger partial charge in [-0.1, -0.05) is 48.6 Å². The fraction of sp³-hybridized carbons (Fsp3) is 0. The highest BCUT2D eigenvalue weighted by Gasteiger charge is 2.06. The van der Waals surface area contributed by atoms with Gasteiger partial charge < -0.3 is 10.2 Å². The summed E-state index contributed by atoms with van der Waals surface area (Å²) >= 11 is 6.47. The monoisotopic (exact) mass is 526 g/mol. The molecule has 30 heavy (non-hydrogen) atoms. The predicted octanol–water partition coefficient (Wildman–Crippen LogP) is 6.42. The van der Waals surface area contributed by atoms with Crippen molar-refractivity contribution in [3.63, 3.8) is 0 Å². The lowest BCUT2D eigenvalue weighted by atomic mass is 10.0. The molecule has 0 saturated carbocycles. The Hall–Kier alpha value is -2.96. The topological polar surface area (TPSA) is 74.6 Å². The van der Waals surface area contributed by atoms with E-state index in [4.69, 9.17) is 0 Å². The fourth-order valence-electron chi connectivity index (χ4n) is 2.59. The minimum Gasteiger partial charge on any atom is -0.507 e. The summed E-state index contributed by atoms with van der Waals surface area (Å²) in [5, 5.41) is 19.0. The highest BCUT2D eigenvalue weighted by molar-refractivity contribution is 9.10. The van der Waals surface area contributed by atoms with Gasteiger partial charge >= 0.3 is 0 Å². The largest absolute Gasteiger partial charge is 0.507 e. The van der Waals surface area contributed by atoms with Crippen LogP contribution in [-0.4, -0.2) is 21.8 Å². The minimum atomic E-state index is -0.192. The lowest BCUT2D eigenvalue weighted by Gasteiger charge is -2.01. The van der Waals surface area contributed by atoms with E-state index < -0.39 is 0 Å². The van der Waals surface area contributed by atoms with Gasteiger partial charge in [0.15, 0.2) is 11.6 Å². The van der Waals surface area contributed by atoms with Crippen LogP contribution in [0.3, 0.4) is 0 Å². The average molecular weight is 528 g/mol. The molecule has 6 heteroatoms. The van der Waals surface area contributed by atoms with Crippen molar-refractivity contribution >= 4 is 55.6 Å². The Labute approximate surface area is 190 Å². The number of phenols is 2. The van der Waals surface area contributed by atoms with Gasteiger partial charge in [-0.25, -0.2) is 0 Å². The maximum absolute atomic E-state index is 12.3. The molecule has 0 fully saturated rings. The van der Waals surface area contributed by atoms with E-state index in [0.717, 1.165) is 11.1 Å². The summed E-state index contributed by atoms with van der Waals surface area (Å²) in [5.41, 5.74) is 2.47. The number of carbonyl (C=O) groups excluding carboxylic acids is 2. The standard InChI is InChI=1S/C24H16Br2O4/c25-19-13-15(3-11-23(19)29)1-9-21(27)17-5-7-18(8-6-17)22(28)10-2-16-4-12-24(30)20(26)14-16/h1-14,29-30H/b9-1+,10-2+. The van der Waals surface area contributed by atoms with Crippen LogP contribution < -0.4 is 0 Å². The molecule has 4 nitrogen and oxygen atoms in total. The summed E-state index contributed by atoms with van der Waals surface area (Å²) in [6, 6.07) is 16.3. The van der Waals surface area contributed by atoms with E-state index in [0.29, 0.717) is 20.1 Å². The van der Waals surface area contributed by atoms with Crippen LogP contribution >= 0.6 is 31.9 Å². The molecule has 2 N–H and O–H groups in total. The Morgan fingerprint density at radius 1 is 0.633 bits per heavy atom. The summed E-state index contributed by atoms with van der Waals surface area (Å²) in [6.07, 6.45) is 6.20. The molecule has 0 bridgehead atoms. The van der Waals surface area contributed by atoms with Crippen molar-refractivity contribution in [2.45, 2.75) is 0 Å². The van der Waals surface area contributed by atoms with Crippen molar-refractivity contribution in [2.24, 2.45) is 0 Å². The lowest BCUT2D eigenvalue weighted by Crippen LogP contribution is -1.98. The third-order valence-electron chi connectivity index (χ3n) is 4.25. The summed E-state index contributed by atoms with van der Waals surface area (Å²) in [7, 11) is 0. The molecule has 0 radical (unpaired) electrons. The quantitative estimate of drug-likeness (QED) is 0.286. The molecule has 150 valence electrons. The molecule has 0 aliphatic rings. The van der Waals surface area contributed by atoms with Crippen LogP contribution in [0, 0.1) is 0 Å². The van der Waals surface area contributed by atoms with Crippen LogP contribution in [0.2, 0.25) is 0 Å². The number of phenolic OH excluding ortho intramolecular Hbond substituents is 2. The normalized spacial score (nSPS) is 11.3. The van der Waals surface area contributed by atoms with Crippen LogP contribution in [0.25, 0.3) is 12.2 Å². The zero-order chi connectivity index (χ0) is 21.7. The Kier molecular flexibility index (Phi) is 7.03. The SMILES string of the molecule is O=C(/C=C/c1ccc(O)c(Br)c1)c1ccc(C(=O)/C=C/c2ccc(O)c(Br)c2)cc1. The lowest BCUT2D eigenvalue weighted by molar-refractivity contribution is 0.103. The van der Waals surface area contributed by atoms with Crippen molar-refractivity contribution in [3.8, 4) is 11.5 Å². The first-order valence-corrected chi connectivity index (χ1v) is 10.4. The number of hydrogen-bond donors (Lipinski definition) is 2. The molecule has 0 heterocycles. The number of carbonyl (C=O) groups is 2. The number of hydrogen-bond acceptors (Lipinski definition) is 4. The molecular formula is C24H16Br2O4. The zero-order valence-electron chi connectivity index (χ0n) is 15.5. The average Bonchev–Trinajstić information content (AvgIpc) is 2.75. The van der Waals surface area contributed by atoms with Crippen molar-refractivity contribution in [2.75, 3.05) is 0 Å². The van der Waals surface area contributed by atoms with Crippen LogP contribution in [0.4, 0.5) is 0 Å². The highest BCUT2D eigenvalue weighted by Crippen LogP contribution is 2.25. The Morgan fingerprint density at radius 2 is 1.00 bits per heavy atom. The van der Waals surface area contributed by atoms with Crippen molar-refractivity contribution in [1.82, 2.24) is 0 Å². The van der Waals surface area contributed by atoms with Crippen LogP contribution in [-0.2, 0) is 0 Å². The first-order chi connectivity index (χ1) is 14.3. The second-order valence-corrected chi connectivity index (χ2v) is 8.10. The first kappa shape index (κ1) is 21.7. The van der Waals surface area contributed by atoms with Crippen LogP contribution in [0.5, 0.6) is 11.5 Å². The van der Waals surface area contributed by atoms with Crippen molar-refractivity contribution in [1.29, 1.82) is 0 Å². The number of allylic oxidation sites excluding steroid dienone is 2. The summed E-state index contributed by atoms with van der Waals surface area (Å²) in [5.74, 6) is -0.123. The smallest absolute Gasteiger partial charge is 0.185 e. The molecule has 0 aliphatic carbocycles. The van der Waals surface area contributed by atoms with Crippen LogP contribution in [0.1, 0.15) is 31.8 Å². The van der Waals surface area contributed by atoms with Gasteiger partial charge in [0.2, 0.25) is 0 Å². The van der Waals surface area contributed by atoms with Gasteiger partial charge in [-0.2, -0.15) is 0 Å². The van der Waals surface area contributed by atoms with E-state index in [-0.39, 0.29) is 23.1 Å². The Morgan fingerprint density at radius 3 is 1.33 bits per heavy atom. The van der Waals surface area contributed by atoms with E-state index in [1.54, 1.807) is 72.8 Å². The molecule has 0 atom stereocenters. The third kappa shape index (κ3) is 5.55. The molecule has 0 saturated heterocycles. The van der Waals surface area contributed by atoms with E-state index in [2.05, 4.69) is 31.9 Å². The Bertz CT molecular complexity index is 1070. The summed E-state index contributed by atoms with van der Waals surface area (Å²) in [6.45, 7) is 0. The van der Waals surface area contributed by atoms with Gasteiger partial charge in [-0.15, -0.1) is 0 Å². The third-order valence-corrected chi connectivity index (χ3v) is 5.52.